The zero-order chi connectivity index (χ0) is 18.0. The van der Waals surface area contributed by atoms with Gasteiger partial charge in [-0.25, -0.2) is 0 Å². The minimum absolute atomic E-state index is 0.0873. The number of aryl methyl sites for hydroxylation is 3. The number of likely N-dealkylation sites (tertiary alicyclic amines) is 1. The van der Waals surface area contributed by atoms with Crippen LogP contribution in [0.1, 0.15) is 28.8 Å². The third kappa shape index (κ3) is 3.88. The van der Waals surface area contributed by atoms with Gasteiger partial charge in [-0.2, -0.15) is 0 Å². The number of carbonyl (C=O) groups excluding carboxylic acids is 1. The Morgan fingerprint density at radius 2 is 2.16 bits per heavy atom. The minimum Gasteiger partial charge on any atom is -0.383 e. The fraction of sp³-hybridized carbons (Fsp3) is 0.550. The fourth-order valence-electron chi connectivity index (χ4n) is 3.72. The van der Waals surface area contributed by atoms with Crippen molar-refractivity contribution in [3.63, 3.8) is 0 Å². The number of ether oxygens (including phenoxy) is 1. The Morgan fingerprint density at radius 3 is 2.92 bits per heavy atom. The molecule has 136 valence electrons. The largest absolute Gasteiger partial charge is 0.383 e. The summed E-state index contributed by atoms with van der Waals surface area (Å²) in [5, 5.41) is 4.41. The lowest BCUT2D eigenvalue weighted by Gasteiger charge is -2.15. The van der Waals surface area contributed by atoms with Gasteiger partial charge in [0, 0.05) is 37.8 Å². The summed E-state index contributed by atoms with van der Waals surface area (Å²) in [6.45, 7) is 10.4. The van der Waals surface area contributed by atoms with Crippen LogP contribution in [0.15, 0.2) is 12.1 Å². The number of amides is 1. The zero-order valence-electron chi connectivity index (χ0n) is 15.7. The van der Waals surface area contributed by atoms with Crippen molar-refractivity contribution in [2.75, 3.05) is 33.4 Å². The molecule has 2 N–H and O–H groups in total. The van der Waals surface area contributed by atoms with Crippen molar-refractivity contribution in [3.8, 4) is 0 Å². The molecule has 25 heavy (non-hydrogen) atoms. The molecule has 0 radical (unpaired) electrons. The highest BCUT2D eigenvalue weighted by atomic mass is 16.5. The number of methoxy groups -OCH3 is 1. The summed E-state index contributed by atoms with van der Waals surface area (Å²) in [6, 6.07) is 4.38. The average Bonchev–Trinajstić information content (AvgIpc) is 3.17. The summed E-state index contributed by atoms with van der Waals surface area (Å²) in [5.41, 5.74) is 6.02. The smallest absolute Gasteiger partial charge is 0.224 e. The van der Waals surface area contributed by atoms with Crippen LogP contribution in [0, 0.1) is 26.7 Å². The Labute approximate surface area is 149 Å². The Hall–Kier alpha value is -1.85. The van der Waals surface area contributed by atoms with Gasteiger partial charge in [0.2, 0.25) is 5.91 Å². The molecule has 1 unspecified atom stereocenters. The maximum Gasteiger partial charge on any atom is 0.224 e. The molecule has 0 spiro atoms. The second-order valence-electron chi connectivity index (χ2n) is 7.22. The number of carbonyl (C=O) groups is 1. The van der Waals surface area contributed by atoms with Crippen LogP contribution in [0.5, 0.6) is 0 Å². The highest BCUT2D eigenvalue weighted by molar-refractivity contribution is 5.88. The van der Waals surface area contributed by atoms with Gasteiger partial charge in [-0.05, 0) is 50.9 Å². The molecule has 1 fully saturated rings. The molecule has 1 aliphatic rings. The second kappa shape index (κ2) is 7.58. The lowest BCUT2D eigenvalue weighted by molar-refractivity contribution is -0.124. The molecule has 0 bridgehead atoms. The number of nitrogens with one attached hydrogen (secondary N) is 2. The van der Waals surface area contributed by atoms with Gasteiger partial charge in [-0.1, -0.05) is 11.6 Å². The van der Waals surface area contributed by atoms with E-state index in [1.54, 1.807) is 7.11 Å². The van der Waals surface area contributed by atoms with Gasteiger partial charge in [0.05, 0.1) is 18.0 Å². The molecule has 5 heteroatoms. The number of benzene rings is 1. The van der Waals surface area contributed by atoms with Crippen LogP contribution in [-0.4, -0.2) is 49.1 Å². The van der Waals surface area contributed by atoms with E-state index in [1.807, 2.05) is 0 Å². The van der Waals surface area contributed by atoms with E-state index >= 15 is 0 Å². The summed E-state index contributed by atoms with van der Waals surface area (Å²) in [4.78, 5) is 18.3. The number of rotatable bonds is 6. The third-order valence-electron chi connectivity index (χ3n) is 5.35. The number of aromatic nitrogens is 1. The fourth-order valence-corrected chi connectivity index (χ4v) is 3.72. The molecule has 2 aromatic rings. The molecule has 1 atom stereocenters. The van der Waals surface area contributed by atoms with E-state index in [2.05, 4.69) is 48.1 Å². The predicted molar refractivity (Wildman–Crippen MR) is 101 cm³/mol. The molecule has 1 saturated heterocycles. The number of nitrogens with zero attached hydrogens (tertiary/aromatic N) is 1. The number of fused-ring (bicyclic) bond motifs is 1. The highest BCUT2D eigenvalue weighted by Crippen LogP contribution is 2.26. The van der Waals surface area contributed by atoms with Crippen LogP contribution in [0.4, 0.5) is 0 Å². The van der Waals surface area contributed by atoms with Crippen LogP contribution < -0.4 is 5.32 Å². The normalized spacial score (nSPS) is 18.2. The van der Waals surface area contributed by atoms with Crippen LogP contribution in [-0.2, 0) is 16.1 Å². The lowest BCUT2D eigenvalue weighted by atomic mass is 10.0. The van der Waals surface area contributed by atoms with E-state index in [1.165, 1.54) is 22.2 Å². The summed E-state index contributed by atoms with van der Waals surface area (Å²) in [7, 11) is 1.72. The highest BCUT2D eigenvalue weighted by Gasteiger charge is 2.27. The van der Waals surface area contributed by atoms with Crippen molar-refractivity contribution in [2.45, 2.75) is 33.7 Å². The second-order valence-corrected chi connectivity index (χ2v) is 7.22. The molecule has 1 aromatic heterocycles. The van der Waals surface area contributed by atoms with E-state index < -0.39 is 0 Å². The van der Waals surface area contributed by atoms with Crippen LogP contribution in [0.2, 0.25) is 0 Å². The van der Waals surface area contributed by atoms with Gasteiger partial charge < -0.3 is 19.9 Å². The van der Waals surface area contributed by atoms with Crippen molar-refractivity contribution in [1.29, 1.82) is 0 Å². The van der Waals surface area contributed by atoms with Crippen molar-refractivity contribution in [3.05, 3.63) is 34.5 Å². The van der Waals surface area contributed by atoms with Crippen molar-refractivity contribution >= 4 is 16.8 Å². The molecule has 0 aliphatic carbocycles. The van der Waals surface area contributed by atoms with Gasteiger partial charge in [-0.15, -0.1) is 0 Å². The monoisotopic (exact) mass is 343 g/mol. The number of hydrogen-bond acceptors (Lipinski definition) is 3. The van der Waals surface area contributed by atoms with Gasteiger partial charge in [-0.3, -0.25) is 4.79 Å². The zero-order valence-corrected chi connectivity index (χ0v) is 15.7. The van der Waals surface area contributed by atoms with Crippen molar-refractivity contribution in [2.24, 2.45) is 5.92 Å². The summed E-state index contributed by atoms with van der Waals surface area (Å²) in [5.74, 6) is 0.249. The molecule has 1 amide bonds. The molecule has 3 rings (SSSR count). The van der Waals surface area contributed by atoms with Crippen LogP contribution >= 0.6 is 0 Å². The first-order chi connectivity index (χ1) is 12.0. The number of aromatic amines is 1. The Kier molecular flexibility index (Phi) is 5.45. The van der Waals surface area contributed by atoms with E-state index in [0.717, 1.165) is 43.7 Å². The first-order valence-electron chi connectivity index (χ1n) is 9.07. The number of hydrogen-bond donors (Lipinski definition) is 2. The van der Waals surface area contributed by atoms with Crippen LogP contribution in [0.3, 0.4) is 0 Å². The van der Waals surface area contributed by atoms with Gasteiger partial charge in [0.15, 0.2) is 0 Å². The van der Waals surface area contributed by atoms with Crippen LogP contribution in [0.25, 0.3) is 10.9 Å². The average molecular weight is 343 g/mol. The molecule has 1 aliphatic heterocycles. The summed E-state index contributed by atoms with van der Waals surface area (Å²) >= 11 is 0. The van der Waals surface area contributed by atoms with Gasteiger partial charge in [0.1, 0.15) is 0 Å². The topological polar surface area (TPSA) is 57.4 Å². The van der Waals surface area contributed by atoms with E-state index in [4.69, 9.17) is 4.74 Å². The standard InChI is InChI=1S/C20H29N3O2/c1-13-9-17(19-18(10-13)14(2)15(3)22-19)11-21-20(24)16-5-6-23(12-16)7-8-25-4/h9-10,16,22H,5-8,11-12H2,1-4H3,(H,21,24). The molecule has 5 nitrogen and oxygen atoms in total. The SMILES string of the molecule is COCCN1CCC(C(=O)NCc2cc(C)cc3c(C)c(C)[nH]c23)C1. The first-order valence-corrected chi connectivity index (χ1v) is 9.07. The van der Waals surface area contributed by atoms with E-state index in [-0.39, 0.29) is 11.8 Å². The quantitative estimate of drug-likeness (QED) is 0.848. The van der Waals surface area contributed by atoms with E-state index in [0.29, 0.717) is 6.54 Å². The maximum atomic E-state index is 12.6. The van der Waals surface area contributed by atoms with Gasteiger partial charge >= 0.3 is 0 Å². The molecular weight excluding hydrogens is 314 g/mol. The predicted octanol–water partition coefficient (Wildman–Crippen LogP) is 2.68. The van der Waals surface area contributed by atoms with Crippen molar-refractivity contribution < 1.29 is 9.53 Å². The third-order valence-corrected chi connectivity index (χ3v) is 5.35. The Balaban J connectivity index is 1.65. The molecule has 2 heterocycles. The summed E-state index contributed by atoms with van der Waals surface area (Å²) in [6.07, 6.45) is 0.930. The van der Waals surface area contributed by atoms with E-state index in [9.17, 15) is 4.79 Å². The maximum absolute atomic E-state index is 12.6. The van der Waals surface area contributed by atoms with Gasteiger partial charge in [0.25, 0.3) is 0 Å². The molecule has 1 aromatic carbocycles. The Bertz CT molecular complexity index is 766. The summed E-state index contributed by atoms with van der Waals surface area (Å²) < 4.78 is 5.12. The minimum atomic E-state index is 0.0873. The molecular formula is C20H29N3O2. The molecule has 0 saturated carbocycles. The Morgan fingerprint density at radius 1 is 1.36 bits per heavy atom. The van der Waals surface area contributed by atoms with Crippen molar-refractivity contribution in [1.82, 2.24) is 15.2 Å². The first kappa shape index (κ1) is 18.0. The number of H-pyrrole nitrogens is 1. The lowest BCUT2D eigenvalue weighted by Crippen LogP contribution is -2.33.